The molecule has 0 aliphatic carbocycles. The Morgan fingerprint density at radius 3 is 2.12 bits per heavy atom. The number of nitrogens with zero attached hydrogens (tertiary/aromatic N) is 2. The predicted octanol–water partition coefficient (Wildman–Crippen LogP) is 5.08. The maximum absolute atomic E-state index is 10.9. The lowest BCUT2D eigenvalue weighted by atomic mass is 9.96. The monoisotopic (exact) mass is 563 g/mol. The molecule has 8 heteroatoms. The quantitative estimate of drug-likeness (QED) is 0.119. The second-order valence-corrected chi connectivity index (χ2v) is 12.1. The molecule has 40 heavy (non-hydrogen) atoms. The molecular formula is C32H39N2O5S+. The van der Waals surface area contributed by atoms with Crippen molar-refractivity contribution in [3.8, 4) is 0 Å². The van der Waals surface area contributed by atoms with E-state index in [-0.39, 0.29) is 18.0 Å². The van der Waals surface area contributed by atoms with Crippen LogP contribution in [0.2, 0.25) is 0 Å². The first-order chi connectivity index (χ1) is 19.1. The highest BCUT2D eigenvalue weighted by Gasteiger charge is 2.13. The Morgan fingerprint density at radius 2 is 1.50 bits per heavy atom. The minimum atomic E-state index is -3.94. The first kappa shape index (κ1) is 29.7. The second-order valence-electron chi connectivity index (χ2n) is 10.5. The average Bonchev–Trinajstić information content (AvgIpc) is 2.91. The summed E-state index contributed by atoms with van der Waals surface area (Å²) < 4.78 is 32.7. The number of aromatic nitrogens is 1. The van der Waals surface area contributed by atoms with Crippen LogP contribution in [0.5, 0.6) is 0 Å². The predicted molar refractivity (Wildman–Crippen MR) is 163 cm³/mol. The van der Waals surface area contributed by atoms with Crippen LogP contribution in [0.25, 0.3) is 33.7 Å². The first-order valence-electron chi connectivity index (χ1n) is 13.8. The van der Waals surface area contributed by atoms with Crippen LogP contribution in [0.3, 0.4) is 0 Å². The van der Waals surface area contributed by atoms with Gasteiger partial charge in [-0.15, -0.1) is 0 Å². The van der Waals surface area contributed by atoms with Gasteiger partial charge in [-0.3, -0.25) is 4.55 Å². The molecule has 4 aromatic rings. The maximum atomic E-state index is 10.9. The van der Waals surface area contributed by atoms with E-state index >= 15 is 0 Å². The van der Waals surface area contributed by atoms with E-state index in [4.69, 9.17) is 4.55 Å². The van der Waals surface area contributed by atoms with Gasteiger partial charge in [-0.05, 0) is 77.6 Å². The van der Waals surface area contributed by atoms with Gasteiger partial charge >= 0.3 is 0 Å². The van der Waals surface area contributed by atoms with Crippen LogP contribution in [-0.2, 0) is 16.7 Å². The van der Waals surface area contributed by atoms with Crippen molar-refractivity contribution in [1.82, 2.24) is 0 Å². The van der Waals surface area contributed by atoms with E-state index < -0.39 is 10.1 Å². The Hall–Kier alpha value is -3.30. The summed E-state index contributed by atoms with van der Waals surface area (Å²) in [6.07, 6.45) is 8.90. The fourth-order valence-electron chi connectivity index (χ4n) is 4.85. The van der Waals surface area contributed by atoms with Gasteiger partial charge in [-0.1, -0.05) is 42.5 Å². The SMILES string of the molecule is CC(O)CCN(CCC(C)O)c1ccc2cc(/C=C/c3cc[n+](CCCS(=O)(=O)O)cc3)c3ccccc3c2c1. The summed E-state index contributed by atoms with van der Waals surface area (Å²) in [5.74, 6) is -0.250. The topological polar surface area (TPSA) is 102 Å². The van der Waals surface area contributed by atoms with E-state index in [1.165, 1.54) is 0 Å². The average molecular weight is 564 g/mol. The maximum Gasteiger partial charge on any atom is 0.265 e. The zero-order chi connectivity index (χ0) is 28.7. The normalized spacial score (nSPS) is 13.7. The summed E-state index contributed by atoms with van der Waals surface area (Å²) in [7, 11) is -3.94. The van der Waals surface area contributed by atoms with Crippen molar-refractivity contribution in [3.05, 3.63) is 84.2 Å². The Balaban J connectivity index is 1.61. The third-order valence-corrected chi connectivity index (χ3v) is 7.87. The highest BCUT2D eigenvalue weighted by molar-refractivity contribution is 7.85. The van der Waals surface area contributed by atoms with Crippen LogP contribution in [0, 0.1) is 0 Å². The number of anilines is 1. The molecule has 4 rings (SSSR count). The number of hydrogen-bond donors (Lipinski definition) is 3. The van der Waals surface area contributed by atoms with Crippen molar-refractivity contribution in [2.45, 2.75) is 51.9 Å². The fourth-order valence-corrected chi connectivity index (χ4v) is 5.35. The van der Waals surface area contributed by atoms with Crippen LogP contribution >= 0.6 is 0 Å². The molecule has 0 amide bonds. The Morgan fingerprint density at radius 1 is 0.850 bits per heavy atom. The molecule has 0 saturated heterocycles. The van der Waals surface area contributed by atoms with Crippen molar-refractivity contribution in [3.63, 3.8) is 0 Å². The van der Waals surface area contributed by atoms with Gasteiger partial charge in [-0.2, -0.15) is 8.42 Å². The number of hydrogen-bond acceptors (Lipinski definition) is 5. The van der Waals surface area contributed by atoms with Crippen molar-refractivity contribution in [2.24, 2.45) is 0 Å². The molecule has 0 aliphatic heterocycles. The molecule has 3 N–H and O–H groups in total. The minimum absolute atomic E-state index is 0.250. The third kappa shape index (κ3) is 8.35. The minimum Gasteiger partial charge on any atom is -0.393 e. The van der Waals surface area contributed by atoms with Crippen molar-refractivity contribution >= 4 is 49.5 Å². The highest BCUT2D eigenvalue weighted by Crippen LogP contribution is 2.33. The summed E-state index contributed by atoms with van der Waals surface area (Å²) in [6, 6.07) is 21.0. The van der Waals surface area contributed by atoms with Gasteiger partial charge in [0.1, 0.15) is 6.54 Å². The molecule has 0 radical (unpaired) electrons. The smallest absolute Gasteiger partial charge is 0.265 e. The standard InChI is InChI=1S/C32H38N2O5S/c1-24(35)12-19-34(20-13-25(2)36)29-11-10-28-22-27(30-6-3-4-7-31(30)32(28)23-29)9-8-26-14-17-33(18-15-26)16-5-21-40(37,38)39/h3-4,6-11,14-15,17-18,22-25,35-36H,5,12-13,16,19-21H2,1-2H3/p+1. The third-order valence-electron chi connectivity index (χ3n) is 7.07. The molecule has 0 spiro atoms. The largest absolute Gasteiger partial charge is 0.393 e. The number of benzene rings is 3. The van der Waals surface area contributed by atoms with Crippen molar-refractivity contribution < 1.29 is 27.8 Å². The van der Waals surface area contributed by atoms with Gasteiger partial charge in [0.25, 0.3) is 10.1 Å². The Kier molecular flexibility index (Phi) is 9.92. The number of aryl methyl sites for hydroxylation is 1. The van der Waals surface area contributed by atoms with E-state index in [0.29, 0.717) is 38.9 Å². The number of rotatable bonds is 13. The molecule has 212 valence electrons. The molecule has 0 aliphatic rings. The lowest BCUT2D eigenvalue weighted by Crippen LogP contribution is -2.33. The Bertz CT molecular complexity index is 1550. The van der Waals surface area contributed by atoms with Crippen molar-refractivity contribution in [2.75, 3.05) is 23.7 Å². The van der Waals surface area contributed by atoms with Crippen molar-refractivity contribution in [1.29, 1.82) is 0 Å². The van der Waals surface area contributed by atoms with Gasteiger partial charge in [0.15, 0.2) is 12.4 Å². The molecule has 0 fully saturated rings. The van der Waals surface area contributed by atoms with Gasteiger partial charge in [0.2, 0.25) is 0 Å². The molecule has 7 nitrogen and oxygen atoms in total. The van der Waals surface area contributed by atoms with Crippen LogP contribution in [0.1, 0.15) is 44.2 Å². The zero-order valence-electron chi connectivity index (χ0n) is 23.1. The lowest BCUT2D eigenvalue weighted by Gasteiger charge is -2.27. The van der Waals surface area contributed by atoms with Crippen LogP contribution in [0.15, 0.2) is 73.1 Å². The zero-order valence-corrected chi connectivity index (χ0v) is 24.0. The van der Waals surface area contributed by atoms with Gasteiger partial charge in [-0.25, -0.2) is 4.57 Å². The van der Waals surface area contributed by atoms with Gasteiger partial charge < -0.3 is 15.1 Å². The van der Waals surface area contributed by atoms with Crippen LogP contribution in [-0.4, -0.2) is 54.2 Å². The molecule has 1 heterocycles. The van der Waals surface area contributed by atoms with Crippen LogP contribution in [0.4, 0.5) is 5.69 Å². The Labute approximate surface area is 236 Å². The summed E-state index contributed by atoms with van der Waals surface area (Å²) in [4.78, 5) is 2.24. The highest BCUT2D eigenvalue weighted by atomic mass is 32.2. The summed E-state index contributed by atoms with van der Waals surface area (Å²) in [5.41, 5.74) is 3.22. The summed E-state index contributed by atoms with van der Waals surface area (Å²) in [5, 5.41) is 24.3. The number of pyridine rings is 1. The molecular weight excluding hydrogens is 524 g/mol. The van der Waals surface area contributed by atoms with E-state index in [9.17, 15) is 18.6 Å². The summed E-state index contributed by atoms with van der Waals surface area (Å²) >= 11 is 0. The van der Waals surface area contributed by atoms with Gasteiger partial charge in [0.05, 0.1) is 18.0 Å². The van der Waals surface area contributed by atoms with Crippen LogP contribution < -0.4 is 9.47 Å². The molecule has 2 atom stereocenters. The summed E-state index contributed by atoms with van der Waals surface area (Å²) in [6.45, 7) is 5.54. The fraction of sp³-hybridized carbons (Fsp3) is 0.344. The molecule has 0 bridgehead atoms. The van der Waals surface area contributed by atoms with E-state index in [2.05, 4.69) is 59.5 Å². The van der Waals surface area contributed by atoms with Gasteiger partial charge in [0, 0.05) is 37.3 Å². The number of aliphatic hydroxyl groups excluding tert-OH is 2. The second kappa shape index (κ2) is 13.4. The lowest BCUT2D eigenvalue weighted by molar-refractivity contribution is -0.696. The molecule has 1 aromatic heterocycles. The van der Waals surface area contributed by atoms with E-state index in [1.54, 1.807) is 13.8 Å². The number of aliphatic hydroxyl groups is 2. The van der Waals surface area contributed by atoms with E-state index in [0.717, 1.165) is 38.4 Å². The van der Waals surface area contributed by atoms with E-state index in [1.807, 2.05) is 35.2 Å². The molecule has 3 aromatic carbocycles. The molecule has 2 unspecified atom stereocenters. The molecule has 0 saturated carbocycles. The first-order valence-corrected chi connectivity index (χ1v) is 15.4. The number of fused-ring (bicyclic) bond motifs is 3.